The van der Waals surface area contributed by atoms with Crippen LogP contribution in [0.1, 0.15) is 32.1 Å². The first kappa shape index (κ1) is 13.4. The van der Waals surface area contributed by atoms with Gasteiger partial charge in [0, 0.05) is 25.7 Å². The predicted octanol–water partition coefficient (Wildman–Crippen LogP) is 0.405. The van der Waals surface area contributed by atoms with Gasteiger partial charge in [0.2, 0.25) is 17.8 Å². The molecule has 0 atom stereocenters. The molecule has 7 nitrogen and oxygen atoms in total. The Kier molecular flexibility index (Phi) is 3.86. The molecule has 0 unspecified atom stereocenters. The second-order valence-electron chi connectivity index (χ2n) is 5.49. The first-order valence-corrected chi connectivity index (χ1v) is 7.42. The molecule has 0 bridgehead atoms. The zero-order valence-electron chi connectivity index (χ0n) is 11.7. The third-order valence-electron chi connectivity index (χ3n) is 4.13. The number of aliphatic hydroxyl groups is 1. The summed E-state index contributed by atoms with van der Waals surface area (Å²) >= 11 is 0. The van der Waals surface area contributed by atoms with Crippen LogP contribution in [0.2, 0.25) is 0 Å². The van der Waals surface area contributed by atoms with Crippen molar-refractivity contribution in [2.24, 2.45) is 0 Å². The average Bonchev–Trinajstić information content (AvgIpc) is 2.89. The minimum absolute atomic E-state index is 0.0983. The summed E-state index contributed by atoms with van der Waals surface area (Å²) in [7, 11) is 0. The number of rotatable bonds is 5. The third kappa shape index (κ3) is 2.63. The quantitative estimate of drug-likeness (QED) is 0.805. The molecule has 1 aliphatic carbocycles. The standard InChI is InChI=1S/C13H22N6O/c14-11-15-12(18-6-1-2-7-18)17-13(16-11)19(8-9-20)10-4-3-5-10/h10,20H,1-9H2,(H2,14,15,16,17). The van der Waals surface area contributed by atoms with Gasteiger partial charge in [-0.25, -0.2) is 0 Å². The van der Waals surface area contributed by atoms with E-state index < -0.39 is 0 Å². The van der Waals surface area contributed by atoms with E-state index in [1.54, 1.807) is 0 Å². The third-order valence-corrected chi connectivity index (χ3v) is 4.13. The molecule has 0 radical (unpaired) electrons. The van der Waals surface area contributed by atoms with Crippen molar-refractivity contribution in [3.63, 3.8) is 0 Å². The van der Waals surface area contributed by atoms with Crippen LogP contribution in [0.3, 0.4) is 0 Å². The zero-order chi connectivity index (χ0) is 13.9. The predicted molar refractivity (Wildman–Crippen MR) is 77.8 cm³/mol. The fraction of sp³-hybridized carbons (Fsp3) is 0.769. The summed E-state index contributed by atoms with van der Waals surface area (Å²) < 4.78 is 0. The van der Waals surface area contributed by atoms with Gasteiger partial charge in [-0.3, -0.25) is 0 Å². The lowest BCUT2D eigenvalue weighted by molar-refractivity contribution is 0.282. The number of hydrogen-bond donors (Lipinski definition) is 2. The molecular formula is C13H22N6O. The fourth-order valence-corrected chi connectivity index (χ4v) is 2.81. The number of nitrogens with zero attached hydrogens (tertiary/aromatic N) is 5. The van der Waals surface area contributed by atoms with Crippen LogP contribution in [0.5, 0.6) is 0 Å². The Morgan fingerprint density at radius 1 is 1.15 bits per heavy atom. The van der Waals surface area contributed by atoms with Crippen molar-refractivity contribution >= 4 is 17.8 Å². The van der Waals surface area contributed by atoms with Gasteiger partial charge < -0.3 is 20.6 Å². The fourth-order valence-electron chi connectivity index (χ4n) is 2.81. The normalized spacial score (nSPS) is 19.1. The zero-order valence-corrected chi connectivity index (χ0v) is 11.7. The molecule has 0 amide bonds. The Hall–Kier alpha value is -1.63. The maximum Gasteiger partial charge on any atom is 0.232 e. The largest absolute Gasteiger partial charge is 0.395 e. The maximum absolute atomic E-state index is 9.26. The molecule has 0 spiro atoms. The molecule has 110 valence electrons. The number of nitrogen functional groups attached to an aromatic ring is 1. The summed E-state index contributed by atoms with van der Waals surface area (Å²) in [6, 6.07) is 0.426. The minimum atomic E-state index is 0.0983. The Labute approximate surface area is 118 Å². The van der Waals surface area contributed by atoms with E-state index in [2.05, 4.69) is 24.8 Å². The van der Waals surface area contributed by atoms with Crippen molar-refractivity contribution in [1.29, 1.82) is 0 Å². The van der Waals surface area contributed by atoms with Crippen LogP contribution >= 0.6 is 0 Å². The average molecular weight is 278 g/mol. The Balaban J connectivity index is 1.86. The summed E-state index contributed by atoms with van der Waals surface area (Å²) in [5.74, 6) is 1.55. The highest BCUT2D eigenvalue weighted by molar-refractivity contribution is 5.45. The van der Waals surface area contributed by atoms with Crippen LogP contribution in [-0.2, 0) is 0 Å². The van der Waals surface area contributed by atoms with E-state index in [0.29, 0.717) is 24.5 Å². The summed E-state index contributed by atoms with van der Waals surface area (Å²) in [4.78, 5) is 17.3. The van der Waals surface area contributed by atoms with E-state index in [9.17, 15) is 5.11 Å². The second-order valence-corrected chi connectivity index (χ2v) is 5.49. The van der Waals surface area contributed by atoms with Gasteiger partial charge in [-0.15, -0.1) is 0 Å². The van der Waals surface area contributed by atoms with Crippen molar-refractivity contribution in [3.8, 4) is 0 Å². The Bertz CT molecular complexity index is 458. The van der Waals surface area contributed by atoms with E-state index in [4.69, 9.17) is 5.73 Å². The lowest BCUT2D eigenvalue weighted by atomic mass is 9.92. The van der Waals surface area contributed by atoms with Gasteiger partial charge in [0.25, 0.3) is 0 Å². The van der Waals surface area contributed by atoms with Crippen molar-refractivity contribution in [1.82, 2.24) is 15.0 Å². The van der Waals surface area contributed by atoms with Gasteiger partial charge in [-0.1, -0.05) is 0 Å². The van der Waals surface area contributed by atoms with Crippen LogP contribution in [-0.4, -0.2) is 52.3 Å². The number of aromatic nitrogens is 3. The molecule has 7 heteroatoms. The van der Waals surface area contributed by atoms with E-state index in [1.165, 1.54) is 19.3 Å². The lowest BCUT2D eigenvalue weighted by Crippen LogP contribution is -2.43. The molecular weight excluding hydrogens is 256 g/mol. The first-order valence-electron chi connectivity index (χ1n) is 7.42. The summed E-state index contributed by atoms with van der Waals surface area (Å²) in [6.45, 7) is 2.60. The highest BCUT2D eigenvalue weighted by atomic mass is 16.3. The smallest absolute Gasteiger partial charge is 0.232 e. The molecule has 20 heavy (non-hydrogen) atoms. The number of nitrogens with two attached hydrogens (primary N) is 1. The molecule has 1 aromatic rings. The van der Waals surface area contributed by atoms with Gasteiger partial charge in [0.05, 0.1) is 6.61 Å². The highest BCUT2D eigenvalue weighted by Crippen LogP contribution is 2.28. The summed E-state index contributed by atoms with van der Waals surface area (Å²) in [5, 5.41) is 9.26. The number of hydrogen-bond acceptors (Lipinski definition) is 7. The van der Waals surface area contributed by atoms with Gasteiger partial charge in [-0.2, -0.15) is 15.0 Å². The van der Waals surface area contributed by atoms with Crippen LogP contribution < -0.4 is 15.5 Å². The number of aliphatic hydroxyl groups excluding tert-OH is 1. The van der Waals surface area contributed by atoms with Crippen molar-refractivity contribution in [2.45, 2.75) is 38.1 Å². The van der Waals surface area contributed by atoms with E-state index in [1.807, 2.05) is 0 Å². The molecule has 0 aromatic carbocycles. The Morgan fingerprint density at radius 3 is 2.50 bits per heavy atom. The van der Waals surface area contributed by atoms with Crippen LogP contribution in [0.4, 0.5) is 17.8 Å². The molecule has 1 aromatic heterocycles. The van der Waals surface area contributed by atoms with E-state index in [-0.39, 0.29) is 12.6 Å². The monoisotopic (exact) mass is 278 g/mol. The van der Waals surface area contributed by atoms with E-state index >= 15 is 0 Å². The van der Waals surface area contributed by atoms with Crippen molar-refractivity contribution < 1.29 is 5.11 Å². The van der Waals surface area contributed by atoms with Gasteiger partial charge in [-0.05, 0) is 32.1 Å². The maximum atomic E-state index is 9.26. The molecule has 3 rings (SSSR count). The SMILES string of the molecule is Nc1nc(N2CCCC2)nc(N(CCO)C2CCC2)n1. The lowest BCUT2D eigenvalue weighted by Gasteiger charge is -2.37. The molecule has 1 saturated heterocycles. The van der Waals surface area contributed by atoms with Gasteiger partial charge in [0.15, 0.2) is 0 Å². The Morgan fingerprint density at radius 2 is 1.90 bits per heavy atom. The summed E-state index contributed by atoms with van der Waals surface area (Å²) in [6.07, 6.45) is 5.83. The van der Waals surface area contributed by atoms with Crippen molar-refractivity contribution in [2.75, 3.05) is 41.8 Å². The van der Waals surface area contributed by atoms with Crippen molar-refractivity contribution in [3.05, 3.63) is 0 Å². The first-order chi connectivity index (χ1) is 9.78. The molecule has 2 fully saturated rings. The number of anilines is 3. The van der Waals surface area contributed by atoms with Crippen LogP contribution in [0, 0.1) is 0 Å². The topological polar surface area (TPSA) is 91.4 Å². The van der Waals surface area contributed by atoms with Crippen LogP contribution in [0.25, 0.3) is 0 Å². The van der Waals surface area contributed by atoms with Gasteiger partial charge >= 0.3 is 0 Å². The molecule has 2 heterocycles. The van der Waals surface area contributed by atoms with E-state index in [0.717, 1.165) is 25.9 Å². The molecule has 1 saturated carbocycles. The molecule has 2 aliphatic rings. The second kappa shape index (κ2) is 5.78. The minimum Gasteiger partial charge on any atom is -0.395 e. The molecule has 3 N–H and O–H groups in total. The summed E-state index contributed by atoms with van der Waals surface area (Å²) in [5.41, 5.74) is 5.84. The molecule has 1 aliphatic heterocycles. The van der Waals surface area contributed by atoms with Crippen LogP contribution in [0.15, 0.2) is 0 Å². The van der Waals surface area contributed by atoms with Gasteiger partial charge in [0.1, 0.15) is 0 Å². The highest BCUT2D eigenvalue weighted by Gasteiger charge is 2.28.